The van der Waals surface area contributed by atoms with Gasteiger partial charge in [0.25, 0.3) is 0 Å². The number of likely N-dealkylation sites (N-methyl/N-ethyl adjacent to an activating group) is 2. The Kier molecular flexibility index (Phi) is 10.1. The molecule has 0 saturated heterocycles. The molecule has 0 fully saturated rings. The standard InChI is InChI=1S/C19H33N5O2/c1-6-12-26-17-11-10-16(13-21-17)14-22-19(20-7-2)23(5)15-18(25)24(8-3)9-4/h10-11,13H,6-9,12,14-15H2,1-5H3,(H,20,22). The highest BCUT2D eigenvalue weighted by atomic mass is 16.5. The van der Waals surface area contributed by atoms with Crippen molar-refractivity contribution < 1.29 is 9.53 Å². The minimum absolute atomic E-state index is 0.0993. The molecule has 0 aliphatic rings. The van der Waals surface area contributed by atoms with Crippen molar-refractivity contribution in [1.82, 2.24) is 20.1 Å². The number of guanidine groups is 1. The summed E-state index contributed by atoms with van der Waals surface area (Å²) in [6.07, 6.45) is 2.73. The first-order valence-electron chi connectivity index (χ1n) is 9.40. The predicted molar refractivity (Wildman–Crippen MR) is 105 cm³/mol. The molecule has 0 bridgehead atoms. The van der Waals surface area contributed by atoms with E-state index in [9.17, 15) is 4.79 Å². The first-order chi connectivity index (χ1) is 12.5. The summed E-state index contributed by atoms with van der Waals surface area (Å²) in [6, 6.07) is 3.83. The topological polar surface area (TPSA) is 70.1 Å². The number of nitrogens with one attached hydrogen (secondary N) is 1. The van der Waals surface area contributed by atoms with Gasteiger partial charge in [-0.05, 0) is 32.8 Å². The molecule has 0 radical (unpaired) electrons. The van der Waals surface area contributed by atoms with E-state index in [-0.39, 0.29) is 5.91 Å². The molecule has 7 heteroatoms. The SMILES string of the molecule is CCCOc1ccc(CN=C(NCC)N(C)CC(=O)N(CC)CC)cn1. The van der Waals surface area contributed by atoms with E-state index in [2.05, 4.69) is 22.2 Å². The lowest BCUT2D eigenvalue weighted by atomic mass is 10.3. The van der Waals surface area contributed by atoms with Crippen molar-refractivity contribution in [1.29, 1.82) is 0 Å². The summed E-state index contributed by atoms with van der Waals surface area (Å²) in [5, 5.41) is 3.23. The average molecular weight is 364 g/mol. The summed E-state index contributed by atoms with van der Waals surface area (Å²) in [6.45, 7) is 11.7. The summed E-state index contributed by atoms with van der Waals surface area (Å²) in [5.41, 5.74) is 0.993. The number of amides is 1. The van der Waals surface area contributed by atoms with Crippen LogP contribution in [0.2, 0.25) is 0 Å². The van der Waals surface area contributed by atoms with E-state index in [0.29, 0.717) is 31.5 Å². The molecule has 26 heavy (non-hydrogen) atoms. The number of aromatic nitrogens is 1. The van der Waals surface area contributed by atoms with Crippen LogP contribution in [0.5, 0.6) is 5.88 Å². The van der Waals surface area contributed by atoms with Crippen molar-refractivity contribution in [2.45, 2.75) is 40.7 Å². The highest BCUT2D eigenvalue weighted by Gasteiger charge is 2.14. The van der Waals surface area contributed by atoms with E-state index in [1.807, 2.05) is 49.8 Å². The third-order valence-electron chi connectivity index (χ3n) is 3.85. The van der Waals surface area contributed by atoms with Crippen LogP contribution in [0, 0.1) is 0 Å². The maximum Gasteiger partial charge on any atom is 0.242 e. The highest BCUT2D eigenvalue weighted by molar-refractivity contribution is 5.86. The van der Waals surface area contributed by atoms with E-state index >= 15 is 0 Å². The van der Waals surface area contributed by atoms with Gasteiger partial charge in [0.2, 0.25) is 11.8 Å². The lowest BCUT2D eigenvalue weighted by molar-refractivity contribution is -0.131. The van der Waals surface area contributed by atoms with Gasteiger partial charge in [0.1, 0.15) is 0 Å². The van der Waals surface area contributed by atoms with Gasteiger partial charge in [-0.15, -0.1) is 0 Å². The Hall–Kier alpha value is -2.31. The molecule has 1 amide bonds. The second kappa shape index (κ2) is 12.1. The van der Waals surface area contributed by atoms with Gasteiger partial charge in [0.15, 0.2) is 5.96 Å². The van der Waals surface area contributed by atoms with Gasteiger partial charge in [-0.3, -0.25) is 4.79 Å². The van der Waals surface area contributed by atoms with Crippen molar-refractivity contribution in [2.24, 2.45) is 4.99 Å². The molecule has 0 unspecified atom stereocenters. The monoisotopic (exact) mass is 363 g/mol. The zero-order valence-electron chi connectivity index (χ0n) is 16.8. The summed E-state index contributed by atoms with van der Waals surface area (Å²) >= 11 is 0. The first-order valence-corrected chi connectivity index (χ1v) is 9.40. The van der Waals surface area contributed by atoms with Crippen molar-refractivity contribution in [3.05, 3.63) is 23.9 Å². The summed E-state index contributed by atoms with van der Waals surface area (Å²) < 4.78 is 5.49. The van der Waals surface area contributed by atoms with E-state index in [4.69, 9.17) is 4.74 Å². The lowest BCUT2D eigenvalue weighted by Gasteiger charge is -2.25. The highest BCUT2D eigenvalue weighted by Crippen LogP contribution is 2.09. The van der Waals surface area contributed by atoms with Crippen molar-refractivity contribution in [3.63, 3.8) is 0 Å². The van der Waals surface area contributed by atoms with Crippen molar-refractivity contribution in [3.8, 4) is 5.88 Å². The molecule has 7 nitrogen and oxygen atoms in total. The minimum Gasteiger partial charge on any atom is -0.478 e. The number of hydrogen-bond acceptors (Lipinski definition) is 4. The summed E-state index contributed by atoms with van der Waals surface area (Å²) in [7, 11) is 1.88. The third kappa shape index (κ3) is 7.29. The molecule has 1 aromatic rings. The molecule has 0 spiro atoms. The molecule has 1 heterocycles. The molecular weight excluding hydrogens is 330 g/mol. The van der Waals surface area contributed by atoms with E-state index in [1.54, 1.807) is 6.20 Å². The average Bonchev–Trinajstić information content (AvgIpc) is 2.65. The van der Waals surface area contributed by atoms with Crippen LogP contribution in [-0.4, -0.2) is 66.5 Å². The van der Waals surface area contributed by atoms with Gasteiger partial charge in [0, 0.05) is 38.9 Å². The number of rotatable bonds is 10. The van der Waals surface area contributed by atoms with Gasteiger partial charge in [-0.25, -0.2) is 9.98 Å². The molecule has 146 valence electrons. The fourth-order valence-corrected chi connectivity index (χ4v) is 2.39. The quantitative estimate of drug-likeness (QED) is 0.509. The first kappa shape index (κ1) is 21.7. The molecule has 0 aliphatic carbocycles. The Bertz CT molecular complexity index is 556. The molecule has 0 aliphatic heterocycles. The molecule has 0 atom stereocenters. The van der Waals surface area contributed by atoms with E-state index < -0.39 is 0 Å². The lowest BCUT2D eigenvalue weighted by Crippen LogP contribution is -2.45. The maximum atomic E-state index is 12.3. The van der Waals surface area contributed by atoms with Crippen LogP contribution in [0.15, 0.2) is 23.3 Å². The second-order valence-electron chi connectivity index (χ2n) is 5.95. The predicted octanol–water partition coefficient (Wildman–Crippen LogP) is 2.14. The van der Waals surface area contributed by atoms with Crippen molar-refractivity contribution >= 4 is 11.9 Å². The number of carbonyl (C=O) groups excluding carboxylic acids is 1. The molecule has 1 N–H and O–H groups in total. The Balaban J connectivity index is 2.71. The van der Waals surface area contributed by atoms with Gasteiger partial charge < -0.3 is 19.9 Å². The van der Waals surface area contributed by atoms with Crippen LogP contribution in [0.4, 0.5) is 0 Å². The number of aliphatic imine (C=N–C) groups is 1. The van der Waals surface area contributed by atoms with Gasteiger partial charge >= 0.3 is 0 Å². The van der Waals surface area contributed by atoms with Crippen molar-refractivity contribution in [2.75, 3.05) is 39.8 Å². The van der Waals surface area contributed by atoms with Gasteiger partial charge in [-0.1, -0.05) is 13.0 Å². The Morgan fingerprint density at radius 2 is 1.96 bits per heavy atom. The fraction of sp³-hybridized carbons (Fsp3) is 0.632. The molecular formula is C19H33N5O2. The largest absolute Gasteiger partial charge is 0.478 e. The van der Waals surface area contributed by atoms with E-state index in [1.165, 1.54) is 0 Å². The number of carbonyl (C=O) groups is 1. The Labute approximate surface area is 157 Å². The van der Waals surface area contributed by atoms with Crippen LogP contribution in [0.25, 0.3) is 0 Å². The Morgan fingerprint density at radius 1 is 1.23 bits per heavy atom. The number of pyridine rings is 1. The number of nitrogens with zero attached hydrogens (tertiary/aromatic N) is 4. The van der Waals surface area contributed by atoms with Gasteiger partial charge in [0.05, 0.1) is 19.7 Å². The third-order valence-corrected chi connectivity index (χ3v) is 3.85. The number of hydrogen-bond donors (Lipinski definition) is 1. The van der Waals surface area contributed by atoms with E-state index in [0.717, 1.165) is 31.6 Å². The van der Waals surface area contributed by atoms with Crippen LogP contribution in [0.1, 0.15) is 39.7 Å². The van der Waals surface area contributed by atoms with Gasteiger partial charge in [-0.2, -0.15) is 0 Å². The number of ether oxygens (including phenoxy) is 1. The van der Waals surface area contributed by atoms with Crippen LogP contribution < -0.4 is 10.1 Å². The fourth-order valence-electron chi connectivity index (χ4n) is 2.39. The zero-order chi connectivity index (χ0) is 19.4. The van der Waals surface area contributed by atoms with Crippen LogP contribution >= 0.6 is 0 Å². The Morgan fingerprint density at radius 3 is 2.50 bits per heavy atom. The molecule has 0 aromatic carbocycles. The second-order valence-corrected chi connectivity index (χ2v) is 5.95. The summed E-state index contributed by atoms with van der Waals surface area (Å²) in [4.78, 5) is 24.9. The molecule has 0 saturated carbocycles. The smallest absolute Gasteiger partial charge is 0.242 e. The zero-order valence-corrected chi connectivity index (χ0v) is 16.8. The van der Waals surface area contributed by atoms with Crippen LogP contribution in [-0.2, 0) is 11.3 Å². The normalized spacial score (nSPS) is 11.2. The maximum absolute atomic E-state index is 12.3. The molecule has 1 rings (SSSR count). The summed E-state index contributed by atoms with van der Waals surface area (Å²) in [5.74, 6) is 1.44. The van der Waals surface area contributed by atoms with Crippen LogP contribution in [0.3, 0.4) is 0 Å². The minimum atomic E-state index is 0.0993. The molecule has 1 aromatic heterocycles.